The summed E-state index contributed by atoms with van der Waals surface area (Å²) in [6.07, 6.45) is 0. The van der Waals surface area contributed by atoms with Crippen molar-refractivity contribution in [2.75, 3.05) is 7.11 Å². The summed E-state index contributed by atoms with van der Waals surface area (Å²) in [5.41, 5.74) is 2.73. The van der Waals surface area contributed by atoms with E-state index in [1.165, 1.54) is 0 Å². The first-order chi connectivity index (χ1) is 7.11. The Hall–Kier alpha value is -1.51. The zero-order chi connectivity index (χ0) is 11.0. The molecular weight excluding hydrogens is 190 g/mol. The summed E-state index contributed by atoms with van der Waals surface area (Å²) < 4.78 is 10.9. The van der Waals surface area contributed by atoms with Gasteiger partial charge in [0.2, 0.25) is 0 Å². The van der Waals surface area contributed by atoms with Crippen LogP contribution in [0.2, 0.25) is 0 Å². The molecule has 0 amide bonds. The smallest absolute Gasteiger partial charge is 0.198 e. The molecule has 0 aliphatic rings. The lowest BCUT2D eigenvalue weighted by molar-refractivity contribution is 0.418. The van der Waals surface area contributed by atoms with Crippen molar-refractivity contribution in [1.29, 1.82) is 0 Å². The van der Waals surface area contributed by atoms with Gasteiger partial charge in [-0.3, -0.25) is 0 Å². The van der Waals surface area contributed by atoms with Crippen LogP contribution in [0.5, 0.6) is 5.75 Å². The SMILES string of the molecule is COc1cc(C)cc2oc(C(C)C)nc12. The molecule has 0 radical (unpaired) electrons. The van der Waals surface area contributed by atoms with Crippen LogP contribution in [0.15, 0.2) is 16.5 Å². The quantitative estimate of drug-likeness (QED) is 0.754. The summed E-state index contributed by atoms with van der Waals surface area (Å²) in [5, 5.41) is 0. The molecule has 2 rings (SSSR count). The number of aromatic nitrogens is 1. The number of hydrogen-bond acceptors (Lipinski definition) is 3. The average molecular weight is 205 g/mol. The van der Waals surface area contributed by atoms with Crippen molar-refractivity contribution in [3.05, 3.63) is 23.6 Å². The minimum Gasteiger partial charge on any atom is -0.494 e. The van der Waals surface area contributed by atoms with E-state index in [0.29, 0.717) is 5.92 Å². The van der Waals surface area contributed by atoms with Crippen LogP contribution in [-0.2, 0) is 0 Å². The lowest BCUT2D eigenvalue weighted by atomic mass is 10.2. The van der Waals surface area contributed by atoms with E-state index in [1.54, 1.807) is 7.11 Å². The Bertz CT molecular complexity index is 486. The standard InChI is InChI=1S/C12H15NO2/c1-7(2)12-13-11-9(14-4)5-8(3)6-10(11)15-12/h5-7H,1-4H3. The molecule has 1 aromatic heterocycles. The zero-order valence-electron chi connectivity index (χ0n) is 9.50. The van der Waals surface area contributed by atoms with Crippen LogP contribution in [0.3, 0.4) is 0 Å². The Morgan fingerprint density at radius 3 is 2.67 bits per heavy atom. The first-order valence-corrected chi connectivity index (χ1v) is 5.07. The average Bonchev–Trinajstić information content (AvgIpc) is 2.59. The third-order valence-electron chi connectivity index (χ3n) is 2.33. The summed E-state index contributed by atoms with van der Waals surface area (Å²) in [4.78, 5) is 4.43. The Balaban J connectivity index is 2.68. The molecule has 0 aliphatic carbocycles. The molecule has 0 saturated heterocycles. The van der Waals surface area contributed by atoms with Crippen molar-refractivity contribution >= 4 is 11.1 Å². The molecule has 0 unspecified atom stereocenters. The van der Waals surface area contributed by atoms with Crippen LogP contribution in [-0.4, -0.2) is 12.1 Å². The predicted molar refractivity (Wildman–Crippen MR) is 59.4 cm³/mol. The molecule has 0 atom stereocenters. The highest BCUT2D eigenvalue weighted by atomic mass is 16.5. The summed E-state index contributed by atoms with van der Waals surface area (Å²) in [5.74, 6) is 1.83. The second-order valence-electron chi connectivity index (χ2n) is 4.02. The fraction of sp³-hybridized carbons (Fsp3) is 0.417. The van der Waals surface area contributed by atoms with E-state index < -0.39 is 0 Å². The number of fused-ring (bicyclic) bond motifs is 1. The van der Waals surface area contributed by atoms with Crippen LogP contribution in [0, 0.1) is 6.92 Å². The molecule has 1 heterocycles. The topological polar surface area (TPSA) is 35.3 Å². The van der Waals surface area contributed by atoms with Gasteiger partial charge in [-0.15, -0.1) is 0 Å². The van der Waals surface area contributed by atoms with E-state index in [4.69, 9.17) is 9.15 Å². The van der Waals surface area contributed by atoms with Gasteiger partial charge in [0.1, 0.15) is 5.75 Å². The summed E-state index contributed by atoms with van der Waals surface area (Å²) in [6, 6.07) is 3.95. The summed E-state index contributed by atoms with van der Waals surface area (Å²) in [6.45, 7) is 6.13. The van der Waals surface area contributed by atoms with Crippen LogP contribution >= 0.6 is 0 Å². The molecule has 80 valence electrons. The summed E-state index contributed by atoms with van der Waals surface area (Å²) in [7, 11) is 1.65. The molecular formula is C12H15NO2. The summed E-state index contributed by atoms with van der Waals surface area (Å²) >= 11 is 0. The van der Waals surface area contributed by atoms with Crippen molar-refractivity contribution < 1.29 is 9.15 Å². The monoisotopic (exact) mass is 205 g/mol. The van der Waals surface area contributed by atoms with Crippen molar-refractivity contribution in [3.8, 4) is 5.75 Å². The fourth-order valence-corrected chi connectivity index (χ4v) is 1.55. The van der Waals surface area contributed by atoms with Crippen molar-refractivity contribution in [2.24, 2.45) is 0 Å². The van der Waals surface area contributed by atoms with Gasteiger partial charge in [-0.25, -0.2) is 4.98 Å². The van der Waals surface area contributed by atoms with Gasteiger partial charge in [-0.2, -0.15) is 0 Å². The van der Waals surface area contributed by atoms with Crippen LogP contribution in [0.25, 0.3) is 11.1 Å². The highest BCUT2D eigenvalue weighted by Gasteiger charge is 2.13. The molecule has 0 fully saturated rings. The maximum Gasteiger partial charge on any atom is 0.198 e. The Kier molecular flexibility index (Phi) is 2.39. The number of methoxy groups -OCH3 is 1. The van der Waals surface area contributed by atoms with Gasteiger partial charge in [0.05, 0.1) is 7.11 Å². The number of aryl methyl sites for hydroxylation is 1. The van der Waals surface area contributed by atoms with E-state index >= 15 is 0 Å². The third kappa shape index (κ3) is 1.69. The first kappa shape index (κ1) is 10.0. The fourth-order valence-electron chi connectivity index (χ4n) is 1.55. The van der Waals surface area contributed by atoms with Gasteiger partial charge in [0, 0.05) is 5.92 Å². The Morgan fingerprint density at radius 1 is 1.33 bits per heavy atom. The molecule has 2 aromatic rings. The van der Waals surface area contributed by atoms with Crippen molar-refractivity contribution in [3.63, 3.8) is 0 Å². The molecule has 0 saturated carbocycles. The number of hydrogen-bond donors (Lipinski definition) is 0. The second-order valence-corrected chi connectivity index (χ2v) is 4.02. The van der Waals surface area contributed by atoms with Crippen LogP contribution in [0.1, 0.15) is 31.2 Å². The van der Waals surface area contributed by atoms with Gasteiger partial charge in [0.25, 0.3) is 0 Å². The number of oxazole rings is 1. The Morgan fingerprint density at radius 2 is 2.07 bits per heavy atom. The largest absolute Gasteiger partial charge is 0.494 e. The first-order valence-electron chi connectivity index (χ1n) is 5.07. The van der Waals surface area contributed by atoms with E-state index in [2.05, 4.69) is 18.8 Å². The Labute approximate surface area is 89.1 Å². The minimum atomic E-state index is 0.294. The molecule has 3 heteroatoms. The maximum absolute atomic E-state index is 5.66. The molecule has 1 aromatic carbocycles. The molecule has 3 nitrogen and oxygen atoms in total. The van der Waals surface area contributed by atoms with Crippen LogP contribution in [0.4, 0.5) is 0 Å². The number of rotatable bonds is 2. The molecule has 0 N–H and O–H groups in total. The predicted octanol–water partition coefficient (Wildman–Crippen LogP) is 3.27. The number of ether oxygens (including phenoxy) is 1. The third-order valence-corrected chi connectivity index (χ3v) is 2.33. The van der Waals surface area contributed by atoms with Gasteiger partial charge >= 0.3 is 0 Å². The van der Waals surface area contributed by atoms with E-state index in [0.717, 1.165) is 28.3 Å². The van der Waals surface area contributed by atoms with Crippen LogP contribution < -0.4 is 4.74 Å². The maximum atomic E-state index is 5.66. The lowest BCUT2D eigenvalue weighted by Crippen LogP contribution is -1.87. The normalized spacial score (nSPS) is 11.3. The number of nitrogens with zero attached hydrogens (tertiary/aromatic N) is 1. The second kappa shape index (κ2) is 3.57. The van der Waals surface area contributed by atoms with Gasteiger partial charge in [-0.05, 0) is 24.6 Å². The lowest BCUT2D eigenvalue weighted by Gasteiger charge is -2.00. The highest BCUT2D eigenvalue weighted by Crippen LogP contribution is 2.29. The van der Waals surface area contributed by atoms with Gasteiger partial charge in [0.15, 0.2) is 17.0 Å². The molecule has 0 spiro atoms. The minimum absolute atomic E-state index is 0.294. The molecule has 15 heavy (non-hydrogen) atoms. The van der Waals surface area contributed by atoms with E-state index in [9.17, 15) is 0 Å². The van der Waals surface area contributed by atoms with E-state index in [-0.39, 0.29) is 0 Å². The number of benzene rings is 1. The molecule has 0 bridgehead atoms. The molecule has 0 aliphatic heterocycles. The van der Waals surface area contributed by atoms with Crippen molar-refractivity contribution in [2.45, 2.75) is 26.7 Å². The zero-order valence-corrected chi connectivity index (χ0v) is 9.50. The van der Waals surface area contributed by atoms with Crippen molar-refractivity contribution in [1.82, 2.24) is 4.98 Å². The van der Waals surface area contributed by atoms with E-state index in [1.807, 2.05) is 19.1 Å². The van der Waals surface area contributed by atoms with Gasteiger partial charge in [-0.1, -0.05) is 13.8 Å². The van der Waals surface area contributed by atoms with Gasteiger partial charge < -0.3 is 9.15 Å². The highest BCUT2D eigenvalue weighted by molar-refractivity contribution is 5.80.